The van der Waals surface area contributed by atoms with Gasteiger partial charge in [-0.15, -0.1) is 0 Å². The highest BCUT2D eigenvalue weighted by molar-refractivity contribution is 6.32. The van der Waals surface area contributed by atoms with Crippen molar-refractivity contribution in [3.05, 3.63) is 57.4 Å². The van der Waals surface area contributed by atoms with Crippen molar-refractivity contribution >= 4 is 34.2 Å². The number of benzene rings is 2. The van der Waals surface area contributed by atoms with Crippen LogP contribution in [-0.2, 0) is 11.2 Å². The second-order valence-corrected chi connectivity index (χ2v) is 7.29. The predicted octanol–water partition coefficient (Wildman–Crippen LogP) is 4.54. The molecule has 1 N–H and O–H groups in total. The number of rotatable bonds is 7. The minimum Gasteiger partial charge on any atom is -0.482 e. The lowest BCUT2D eigenvalue weighted by atomic mass is 10.0. The second kappa shape index (κ2) is 8.67. The fourth-order valence-corrected chi connectivity index (χ4v) is 3.45. The van der Waals surface area contributed by atoms with E-state index in [1.807, 2.05) is 0 Å². The Morgan fingerprint density at radius 3 is 2.83 bits per heavy atom. The lowest BCUT2D eigenvalue weighted by Gasteiger charge is -2.11. The van der Waals surface area contributed by atoms with Crippen molar-refractivity contribution in [3.63, 3.8) is 0 Å². The van der Waals surface area contributed by atoms with E-state index in [2.05, 4.69) is 12.2 Å². The van der Waals surface area contributed by atoms with E-state index in [-0.39, 0.29) is 25.1 Å². The Hall–Kier alpha value is -3.19. The summed E-state index contributed by atoms with van der Waals surface area (Å²) in [6.07, 6.45) is 2.72. The fraction of sp³-hybridized carbons (Fsp3) is 0.273. The quantitative estimate of drug-likeness (QED) is 0.555. The molecule has 0 unspecified atom stereocenters. The molecule has 1 aliphatic heterocycles. The molecule has 8 heteroatoms. The van der Waals surface area contributed by atoms with Crippen LogP contribution in [0.5, 0.6) is 17.2 Å². The lowest BCUT2D eigenvalue weighted by molar-refractivity contribution is -0.118. The van der Waals surface area contributed by atoms with Crippen molar-refractivity contribution in [1.29, 1.82) is 0 Å². The first-order valence-electron chi connectivity index (χ1n) is 9.62. The number of aryl methyl sites for hydroxylation is 1. The number of ether oxygens (including phenoxy) is 3. The van der Waals surface area contributed by atoms with E-state index in [1.165, 1.54) is 6.07 Å². The van der Waals surface area contributed by atoms with Crippen LogP contribution in [0, 0.1) is 0 Å². The molecule has 0 atom stereocenters. The number of hydrogen-bond donors (Lipinski definition) is 1. The lowest BCUT2D eigenvalue weighted by Crippen LogP contribution is -2.20. The Balaban J connectivity index is 1.47. The average Bonchev–Trinajstić information content (AvgIpc) is 3.18. The van der Waals surface area contributed by atoms with Crippen LogP contribution in [0.1, 0.15) is 25.3 Å². The van der Waals surface area contributed by atoms with E-state index in [9.17, 15) is 9.59 Å². The van der Waals surface area contributed by atoms with Crippen LogP contribution in [0.2, 0.25) is 5.02 Å². The molecular formula is C22H20ClNO6. The van der Waals surface area contributed by atoms with Crippen molar-refractivity contribution in [1.82, 2.24) is 0 Å². The molecule has 0 saturated heterocycles. The zero-order valence-electron chi connectivity index (χ0n) is 16.3. The summed E-state index contributed by atoms with van der Waals surface area (Å²) >= 11 is 6.35. The SMILES string of the molecule is CCCCc1cc(=O)oc2cc(OCC(=O)Nc3ccc4c(c3)OCO4)c(Cl)cc12. The first-order valence-corrected chi connectivity index (χ1v) is 10.00. The van der Waals surface area contributed by atoms with Crippen LogP contribution < -0.4 is 25.2 Å². The van der Waals surface area contributed by atoms with E-state index >= 15 is 0 Å². The van der Waals surface area contributed by atoms with Gasteiger partial charge in [0.05, 0.1) is 5.02 Å². The molecule has 0 radical (unpaired) electrons. The number of unbranched alkanes of at least 4 members (excludes halogenated alkanes) is 1. The largest absolute Gasteiger partial charge is 0.482 e. The molecule has 1 aromatic heterocycles. The average molecular weight is 430 g/mol. The normalized spacial score (nSPS) is 12.2. The third kappa shape index (κ3) is 4.36. The zero-order valence-corrected chi connectivity index (χ0v) is 17.1. The van der Waals surface area contributed by atoms with Crippen LogP contribution >= 0.6 is 11.6 Å². The molecule has 7 nitrogen and oxygen atoms in total. The van der Waals surface area contributed by atoms with E-state index in [0.29, 0.717) is 27.8 Å². The maximum absolute atomic E-state index is 12.3. The first kappa shape index (κ1) is 20.1. The number of amides is 1. The highest BCUT2D eigenvalue weighted by Gasteiger charge is 2.15. The number of carbonyl (C=O) groups is 1. The van der Waals surface area contributed by atoms with Gasteiger partial charge in [0.1, 0.15) is 11.3 Å². The number of halogens is 1. The molecule has 2 heterocycles. The molecule has 0 bridgehead atoms. The van der Waals surface area contributed by atoms with Crippen LogP contribution in [0.25, 0.3) is 11.0 Å². The van der Waals surface area contributed by atoms with Gasteiger partial charge >= 0.3 is 5.63 Å². The molecule has 0 spiro atoms. The molecule has 0 fully saturated rings. The van der Waals surface area contributed by atoms with Crippen molar-refractivity contribution in [2.75, 3.05) is 18.7 Å². The van der Waals surface area contributed by atoms with Crippen LogP contribution in [0.3, 0.4) is 0 Å². The van der Waals surface area contributed by atoms with Crippen molar-refractivity contribution < 1.29 is 23.4 Å². The zero-order chi connectivity index (χ0) is 21.1. The summed E-state index contributed by atoms with van der Waals surface area (Å²) in [5, 5.41) is 3.83. The third-order valence-electron chi connectivity index (χ3n) is 4.70. The van der Waals surface area contributed by atoms with Gasteiger partial charge in [0, 0.05) is 29.3 Å². The molecule has 4 rings (SSSR count). The monoisotopic (exact) mass is 429 g/mol. The van der Waals surface area contributed by atoms with Gasteiger partial charge in [0.25, 0.3) is 5.91 Å². The molecule has 1 amide bonds. The summed E-state index contributed by atoms with van der Waals surface area (Å²) in [5.41, 5.74) is 1.40. The minimum atomic E-state index is -0.428. The molecule has 30 heavy (non-hydrogen) atoms. The minimum absolute atomic E-state index is 0.159. The maximum atomic E-state index is 12.3. The van der Waals surface area contributed by atoms with Crippen molar-refractivity contribution in [2.24, 2.45) is 0 Å². The van der Waals surface area contributed by atoms with E-state index in [0.717, 1.165) is 30.2 Å². The molecule has 156 valence electrons. The van der Waals surface area contributed by atoms with Crippen molar-refractivity contribution in [3.8, 4) is 17.2 Å². The molecule has 1 aliphatic rings. The van der Waals surface area contributed by atoms with Crippen LogP contribution in [-0.4, -0.2) is 19.3 Å². The Morgan fingerprint density at radius 1 is 1.17 bits per heavy atom. The summed E-state index contributed by atoms with van der Waals surface area (Å²) in [5.74, 6) is 1.09. The molecule has 0 saturated carbocycles. The standard InChI is InChI=1S/C22H20ClNO6/c1-2-3-4-13-7-22(26)30-18-10-19(16(23)9-15(13)18)27-11-21(25)24-14-5-6-17-20(8-14)29-12-28-17/h5-10H,2-4,11-12H2,1H3,(H,24,25). The second-order valence-electron chi connectivity index (χ2n) is 6.88. The topological polar surface area (TPSA) is 87.0 Å². The number of carbonyl (C=O) groups excluding carboxylic acids is 1. The number of nitrogens with one attached hydrogen (secondary N) is 1. The number of hydrogen-bond acceptors (Lipinski definition) is 6. The summed E-state index contributed by atoms with van der Waals surface area (Å²) in [6.45, 7) is 1.98. The first-order chi connectivity index (χ1) is 14.5. The summed E-state index contributed by atoms with van der Waals surface area (Å²) in [7, 11) is 0. The van der Waals surface area contributed by atoms with Crippen LogP contribution in [0.15, 0.2) is 45.6 Å². The Labute approximate surface area is 177 Å². The Bertz CT molecular complexity index is 1160. The maximum Gasteiger partial charge on any atom is 0.336 e. The number of anilines is 1. The van der Waals surface area contributed by atoms with Gasteiger partial charge in [-0.3, -0.25) is 4.79 Å². The Kier molecular flexibility index (Phi) is 5.81. The molecular weight excluding hydrogens is 410 g/mol. The predicted molar refractivity (Wildman–Crippen MR) is 113 cm³/mol. The molecule has 2 aromatic carbocycles. The van der Waals surface area contributed by atoms with Gasteiger partial charge < -0.3 is 23.9 Å². The summed E-state index contributed by atoms with van der Waals surface area (Å²) in [4.78, 5) is 24.2. The highest BCUT2D eigenvalue weighted by atomic mass is 35.5. The molecule has 3 aromatic rings. The smallest absolute Gasteiger partial charge is 0.336 e. The summed E-state index contributed by atoms with van der Waals surface area (Å²) in [6, 6.07) is 9.85. The van der Waals surface area contributed by atoms with E-state index < -0.39 is 5.63 Å². The number of fused-ring (bicyclic) bond motifs is 2. The third-order valence-corrected chi connectivity index (χ3v) is 4.99. The van der Waals surface area contributed by atoms with Gasteiger partial charge in [-0.1, -0.05) is 24.9 Å². The van der Waals surface area contributed by atoms with Gasteiger partial charge in [-0.2, -0.15) is 0 Å². The fourth-order valence-electron chi connectivity index (χ4n) is 3.23. The van der Waals surface area contributed by atoms with Gasteiger partial charge in [-0.25, -0.2) is 4.79 Å². The van der Waals surface area contributed by atoms with E-state index in [4.69, 9.17) is 30.2 Å². The van der Waals surface area contributed by atoms with Crippen molar-refractivity contribution in [2.45, 2.75) is 26.2 Å². The van der Waals surface area contributed by atoms with Gasteiger partial charge in [0.2, 0.25) is 6.79 Å². The summed E-state index contributed by atoms with van der Waals surface area (Å²) < 4.78 is 21.4. The van der Waals surface area contributed by atoms with Gasteiger partial charge in [0.15, 0.2) is 18.1 Å². The van der Waals surface area contributed by atoms with Gasteiger partial charge in [-0.05, 0) is 36.6 Å². The van der Waals surface area contributed by atoms with E-state index in [1.54, 1.807) is 30.3 Å². The molecule has 0 aliphatic carbocycles. The highest BCUT2D eigenvalue weighted by Crippen LogP contribution is 2.34. The Morgan fingerprint density at radius 2 is 2.00 bits per heavy atom. The van der Waals surface area contributed by atoms with Crippen LogP contribution in [0.4, 0.5) is 5.69 Å².